The highest BCUT2D eigenvalue weighted by molar-refractivity contribution is 7.92. The summed E-state index contributed by atoms with van der Waals surface area (Å²) < 4.78 is 33.7. The molecule has 0 aliphatic rings. The number of carbonyl (C=O) groups excluding carboxylic acids is 1. The highest BCUT2D eigenvalue weighted by Crippen LogP contribution is 2.43. The Bertz CT molecular complexity index is 1350. The molecule has 0 spiro atoms. The highest BCUT2D eigenvalue weighted by Gasteiger charge is 2.31. The Morgan fingerprint density at radius 1 is 1.22 bits per heavy atom. The lowest BCUT2D eigenvalue weighted by molar-refractivity contribution is 0.0691. The summed E-state index contributed by atoms with van der Waals surface area (Å²) in [4.78, 5) is 24.0. The number of aromatic nitrogens is 2. The van der Waals surface area contributed by atoms with Crippen LogP contribution in [0.25, 0.3) is 16.6 Å². The van der Waals surface area contributed by atoms with E-state index in [2.05, 4.69) is 9.82 Å². The van der Waals surface area contributed by atoms with Crippen LogP contribution in [0, 0.1) is 0 Å². The van der Waals surface area contributed by atoms with Gasteiger partial charge in [-0.2, -0.15) is 5.10 Å². The van der Waals surface area contributed by atoms with Crippen LogP contribution < -0.4 is 15.2 Å². The number of rotatable bonds is 6. The SMILES string of the molecule is COc1c(C(N)=O)cc(C(C)(C)C)c(-n2nc(C(=O)O)c3ccccc32)c1NS(C)(=O)=O. The van der Waals surface area contributed by atoms with Crippen molar-refractivity contribution in [3.63, 3.8) is 0 Å². The Hall–Kier alpha value is -3.60. The molecule has 0 fully saturated rings. The summed E-state index contributed by atoms with van der Waals surface area (Å²) in [5.74, 6) is -2.15. The number of fused-ring (bicyclic) bond motifs is 1. The van der Waals surface area contributed by atoms with E-state index in [1.807, 2.05) is 20.8 Å². The van der Waals surface area contributed by atoms with Gasteiger partial charge >= 0.3 is 5.97 Å². The molecule has 0 bridgehead atoms. The van der Waals surface area contributed by atoms with E-state index in [1.54, 1.807) is 24.3 Å². The summed E-state index contributed by atoms with van der Waals surface area (Å²) in [5, 5.41) is 14.3. The first-order valence-electron chi connectivity index (χ1n) is 9.50. The van der Waals surface area contributed by atoms with Gasteiger partial charge in [0.25, 0.3) is 5.91 Å². The number of amides is 1. The number of hydrogen-bond donors (Lipinski definition) is 3. The van der Waals surface area contributed by atoms with Crippen LogP contribution in [0.3, 0.4) is 0 Å². The summed E-state index contributed by atoms with van der Waals surface area (Å²) in [6.07, 6.45) is 0.952. The second-order valence-corrected chi connectivity index (χ2v) is 10.0. The zero-order valence-corrected chi connectivity index (χ0v) is 19.1. The van der Waals surface area contributed by atoms with Crippen LogP contribution in [0.5, 0.6) is 5.75 Å². The lowest BCUT2D eigenvalue weighted by atomic mass is 9.83. The molecule has 1 heterocycles. The largest absolute Gasteiger partial charge is 0.494 e. The van der Waals surface area contributed by atoms with Crippen molar-refractivity contribution in [2.24, 2.45) is 5.73 Å². The van der Waals surface area contributed by atoms with Gasteiger partial charge in [0.15, 0.2) is 11.4 Å². The van der Waals surface area contributed by atoms with Crippen molar-refractivity contribution in [2.45, 2.75) is 26.2 Å². The predicted octanol–water partition coefficient (Wildman–Crippen LogP) is 2.50. The zero-order valence-electron chi connectivity index (χ0n) is 18.3. The molecule has 0 atom stereocenters. The van der Waals surface area contributed by atoms with Crippen LogP contribution in [0.4, 0.5) is 5.69 Å². The third-order valence-corrected chi connectivity index (χ3v) is 5.39. The molecule has 0 saturated carbocycles. The van der Waals surface area contributed by atoms with Gasteiger partial charge in [0, 0.05) is 5.39 Å². The van der Waals surface area contributed by atoms with E-state index in [4.69, 9.17) is 10.5 Å². The summed E-state index contributed by atoms with van der Waals surface area (Å²) in [5.41, 5.74) is 5.80. The van der Waals surface area contributed by atoms with E-state index < -0.39 is 27.3 Å². The van der Waals surface area contributed by atoms with Gasteiger partial charge in [-0.25, -0.2) is 17.9 Å². The van der Waals surface area contributed by atoms with Gasteiger partial charge in [0.2, 0.25) is 10.0 Å². The molecule has 0 aliphatic heterocycles. The second kappa shape index (κ2) is 7.83. The number of carbonyl (C=O) groups is 2. The molecule has 170 valence electrons. The molecule has 1 aromatic heterocycles. The number of nitrogens with one attached hydrogen (secondary N) is 1. The van der Waals surface area contributed by atoms with E-state index in [-0.39, 0.29) is 28.4 Å². The number of carboxylic acids is 1. The number of anilines is 1. The number of aromatic carboxylic acids is 1. The summed E-state index contributed by atoms with van der Waals surface area (Å²) in [6.45, 7) is 5.57. The highest BCUT2D eigenvalue weighted by atomic mass is 32.2. The van der Waals surface area contributed by atoms with Crippen LogP contribution in [0.2, 0.25) is 0 Å². The minimum atomic E-state index is -3.85. The molecule has 3 rings (SSSR count). The lowest BCUT2D eigenvalue weighted by Gasteiger charge is -2.28. The van der Waals surface area contributed by atoms with Crippen molar-refractivity contribution in [2.75, 3.05) is 18.1 Å². The minimum absolute atomic E-state index is 0.0257. The maximum Gasteiger partial charge on any atom is 0.357 e. The zero-order chi connectivity index (χ0) is 24.0. The Kier molecular flexibility index (Phi) is 5.64. The van der Waals surface area contributed by atoms with Crippen molar-refractivity contribution >= 4 is 38.5 Å². The van der Waals surface area contributed by atoms with Crippen molar-refractivity contribution < 1.29 is 27.9 Å². The quantitative estimate of drug-likeness (QED) is 0.511. The smallest absolute Gasteiger partial charge is 0.357 e. The van der Waals surface area contributed by atoms with Crippen molar-refractivity contribution in [1.29, 1.82) is 0 Å². The summed E-state index contributed by atoms with van der Waals surface area (Å²) in [7, 11) is -2.57. The third-order valence-electron chi connectivity index (χ3n) is 4.82. The Morgan fingerprint density at radius 2 is 1.84 bits per heavy atom. The number of primary amides is 1. The van der Waals surface area contributed by atoms with Crippen LogP contribution in [0.1, 0.15) is 47.2 Å². The summed E-state index contributed by atoms with van der Waals surface area (Å²) in [6, 6.07) is 8.18. The first kappa shape index (κ1) is 23.1. The second-order valence-electron chi connectivity index (χ2n) is 8.30. The normalized spacial score (nSPS) is 12.0. The number of nitrogens with two attached hydrogens (primary N) is 1. The number of carboxylic acid groups (broad SMARTS) is 1. The fraction of sp³-hybridized carbons (Fsp3) is 0.286. The molecule has 32 heavy (non-hydrogen) atoms. The molecule has 0 aliphatic carbocycles. The molecule has 4 N–H and O–H groups in total. The van der Waals surface area contributed by atoms with Gasteiger partial charge in [-0.1, -0.05) is 39.0 Å². The molecule has 0 saturated heterocycles. The van der Waals surface area contributed by atoms with Crippen LogP contribution in [-0.4, -0.2) is 48.5 Å². The Labute approximate surface area is 185 Å². The molecule has 1 amide bonds. The molecule has 0 unspecified atom stereocenters. The fourth-order valence-corrected chi connectivity index (χ4v) is 4.08. The van der Waals surface area contributed by atoms with E-state index in [0.717, 1.165) is 6.26 Å². The molecule has 11 heteroatoms. The minimum Gasteiger partial charge on any atom is -0.494 e. The average Bonchev–Trinajstić information content (AvgIpc) is 3.04. The molecular formula is C21H24N4O6S. The predicted molar refractivity (Wildman–Crippen MR) is 120 cm³/mol. The number of hydrogen-bond acceptors (Lipinski definition) is 6. The van der Waals surface area contributed by atoms with Crippen LogP contribution in [0.15, 0.2) is 30.3 Å². The van der Waals surface area contributed by atoms with Gasteiger partial charge < -0.3 is 15.6 Å². The first-order valence-corrected chi connectivity index (χ1v) is 11.4. The van der Waals surface area contributed by atoms with E-state index in [9.17, 15) is 23.1 Å². The van der Waals surface area contributed by atoms with Gasteiger partial charge in [0.05, 0.1) is 30.1 Å². The number of nitrogens with zero attached hydrogens (tertiary/aromatic N) is 2. The standard InChI is InChI=1S/C21H24N4O6S/c1-21(2,3)13-10-12(19(22)26)18(31-4)16(24-32(5,29)30)17(13)25-14-9-7-6-8-11(14)15(23-25)20(27)28/h6-10,24H,1-5H3,(H2,22,26)(H,27,28). The van der Waals surface area contributed by atoms with Crippen LogP contribution >= 0.6 is 0 Å². The van der Waals surface area contributed by atoms with Gasteiger partial charge in [-0.15, -0.1) is 0 Å². The number of methoxy groups -OCH3 is 1. The number of ether oxygens (including phenoxy) is 1. The average molecular weight is 461 g/mol. The number of benzene rings is 2. The van der Waals surface area contributed by atoms with Gasteiger partial charge in [-0.3, -0.25) is 9.52 Å². The molecule has 3 aromatic rings. The van der Waals surface area contributed by atoms with Crippen molar-refractivity contribution in [3.8, 4) is 11.4 Å². The molecule has 2 aromatic carbocycles. The van der Waals surface area contributed by atoms with Crippen molar-refractivity contribution in [3.05, 3.63) is 47.2 Å². The van der Waals surface area contributed by atoms with E-state index in [0.29, 0.717) is 16.5 Å². The monoisotopic (exact) mass is 460 g/mol. The maximum atomic E-state index is 12.3. The number of sulfonamides is 1. The van der Waals surface area contributed by atoms with E-state index >= 15 is 0 Å². The Morgan fingerprint density at radius 3 is 2.34 bits per heavy atom. The van der Waals surface area contributed by atoms with Gasteiger partial charge in [0.1, 0.15) is 5.69 Å². The third kappa shape index (κ3) is 4.11. The number of para-hydroxylation sites is 1. The fourth-order valence-electron chi connectivity index (χ4n) is 3.52. The summed E-state index contributed by atoms with van der Waals surface area (Å²) >= 11 is 0. The van der Waals surface area contributed by atoms with E-state index in [1.165, 1.54) is 17.9 Å². The first-order chi connectivity index (χ1) is 14.8. The lowest BCUT2D eigenvalue weighted by Crippen LogP contribution is -2.23. The van der Waals surface area contributed by atoms with Crippen LogP contribution in [-0.2, 0) is 15.4 Å². The molecular weight excluding hydrogens is 436 g/mol. The van der Waals surface area contributed by atoms with Crippen molar-refractivity contribution in [1.82, 2.24) is 9.78 Å². The maximum absolute atomic E-state index is 12.3. The molecule has 10 nitrogen and oxygen atoms in total. The molecule has 0 radical (unpaired) electrons. The Balaban J connectivity index is 2.61. The van der Waals surface area contributed by atoms with Gasteiger partial charge in [-0.05, 0) is 23.1 Å². The topological polar surface area (TPSA) is 154 Å².